The van der Waals surface area contributed by atoms with Crippen LogP contribution in [0.1, 0.15) is 12.8 Å². The molecule has 0 aliphatic heterocycles. The van der Waals surface area contributed by atoms with Gasteiger partial charge in [0, 0.05) is 19.9 Å². The average molecular weight is 255 g/mol. The van der Waals surface area contributed by atoms with E-state index in [1.54, 1.807) is 17.9 Å². The van der Waals surface area contributed by atoms with Gasteiger partial charge in [-0.05, 0) is 19.4 Å². The predicted molar refractivity (Wildman–Crippen MR) is 67.0 cm³/mol. The number of amides is 1. The third kappa shape index (κ3) is 6.97. The Bertz CT molecular complexity index is 315. The standard InChI is InChI=1S/C11H21N5O2/c1-12-11(17)10-13-4-2-3-8-18-9-7-16-6-5-14-15-16/h5-6,13H,2-4,7-10H2,1H3,(H,12,17). The van der Waals surface area contributed by atoms with E-state index < -0.39 is 0 Å². The largest absolute Gasteiger partial charge is 0.380 e. The molecule has 1 rings (SSSR count). The molecular weight excluding hydrogens is 234 g/mol. The lowest BCUT2D eigenvalue weighted by atomic mass is 10.3. The fourth-order valence-electron chi connectivity index (χ4n) is 1.36. The second kappa shape index (κ2) is 9.55. The summed E-state index contributed by atoms with van der Waals surface area (Å²) in [4.78, 5) is 10.9. The number of unbranched alkanes of at least 4 members (excludes halogenated alkanes) is 1. The highest BCUT2D eigenvalue weighted by atomic mass is 16.5. The van der Waals surface area contributed by atoms with Gasteiger partial charge in [0.05, 0.1) is 25.9 Å². The van der Waals surface area contributed by atoms with Gasteiger partial charge in [-0.2, -0.15) is 0 Å². The summed E-state index contributed by atoms with van der Waals surface area (Å²) in [6.07, 6.45) is 5.45. The van der Waals surface area contributed by atoms with Gasteiger partial charge in [0.1, 0.15) is 0 Å². The van der Waals surface area contributed by atoms with Crippen molar-refractivity contribution in [3.8, 4) is 0 Å². The molecular formula is C11H21N5O2. The van der Waals surface area contributed by atoms with Crippen LogP contribution in [0.3, 0.4) is 0 Å². The van der Waals surface area contributed by atoms with Crippen LogP contribution < -0.4 is 10.6 Å². The number of carbonyl (C=O) groups excluding carboxylic acids is 1. The third-order valence-electron chi connectivity index (χ3n) is 2.39. The van der Waals surface area contributed by atoms with E-state index in [9.17, 15) is 4.79 Å². The zero-order chi connectivity index (χ0) is 13.1. The molecule has 2 N–H and O–H groups in total. The average Bonchev–Trinajstić information content (AvgIpc) is 2.89. The Kier molecular flexibility index (Phi) is 7.74. The summed E-state index contributed by atoms with van der Waals surface area (Å²) in [5, 5.41) is 13.2. The maximum absolute atomic E-state index is 10.9. The zero-order valence-corrected chi connectivity index (χ0v) is 10.8. The lowest BCUT2D eigenvalue weighted by molar-refractivity contribution is -0.119. The van der Waals surface area contributed by atoms with Gasteiger partial charge in [0.25, 0.3) is 0 Å². The highest BCUT2D eigenvalue weighted by Gasteiger charge is 1.96. The molecule has 18 heavy (non-hydrogen) atoms. The number of aromatic nitrogens is 3. The van der Waals surface area contributed by atoms with Gasteiger partial charge in [-0.25, -0.2) is 0 Å². The Morgan fingerprint density at radius 2 is 2.28 bits per heavy atom. The van der Waals surface area contributed by atoms with Crippen molar-refractivity contribution >= 4 is 5.91 Å². The predicted octanol–water partition coefficient (Wildman–Crippen LogP) is -0.589. The zero-order valence-electron chi connectivity index (χ0n) is 10.8. The molecule has 0 atom stereocenters. The monoisotopic (exact) mass is 255 g/mol. The van der Waals surface area contributed by atoms with Crippen LogP contribution in [0.5, 0.6) is 0 Å². The maximum atomic E-state index is 10.9. The Morgan fingerprint density at radius 1 is 1.39 bits per heavy atom. The van der Waals surface area contributed by atoms with E-state index in [2.05, 4.69) is 20.9 Å². The van der Waals surface area contributed by atoms with Gasteiger partial charge >= 0.3 is 0 Å². The van der Waals surface area contributed by atoms with E-state index in [0.29, 0.717) is 13.2 Å². The molecule has 102 valence electrons. The molecule has 0 radical (unpaired) electrons. The van der Waals surface area contributed by atoms with Gasteiger partial charge in [-0.3, -0.25) is 9.48 Å². The van der Waals surface area contributed by atoms with Crippen LogP contribution in [-0.4, -0.2) is 54.3 Å². The van der Waals surface area contributed by atoms with Gasteiger partial charge in [0.15, 0.2) is 0 Å². The highest BCUT2D eigenvalue weighted by Crippen LogP contribution is 1.90. The number of carbonyl (C=O) groups is 1. The number of nitrogens with one attached hydrogen (secondary N) is 2. The van der Waals surface area contributed by atoms with Crippen LogP contribution in [-0.2, 0) is 16.1 Å². The van der Waals surface area contributed by atoms with E-state index in [1.165, 1.54) is 0 Å². The van der Waals surface area contributed by atoms with Crippen LogP contribution in [0.15, 0.2) is 12.4 Å². The molecule has 0 spiro atoms. The van der Waals surface area contributed by atoms with Gasteiger partial charge in [-0.15, -0.1) is 5.10 Å². The number of rotatable bonds is 10. The lowest BCUT2D eigenvalue weighted by Crippen LogP contribution is -2.31. The van der Waals surface area contributed by atoms with Crippen molar-refractivity contribution in [3.63, 3.8) is 0 Å². The second-order valence-electron chi connectivity index (χ2n) is 3.84. The summed E-state index contributed by atoms with van der Waals surface area (Å²) < 4.78 is 7.20. The first-order valence-corrected chi connectivity index (χ1v) is 6.16. The summed E-state index contributed by atoms with van der Waals surface area (Å²) in [7, 11) is 1.63. The molecule has 1 amide bonds. The van der Waals surface area contributed by atoms with E-state index >= 15 is 0 Å². The first kappa shape index (κ1) is 14.6. The molecule has 7 heteroatoms. The van der Waals surface area contributed by atoms with E-state index in [4.69, 9.17) is 4.74 Å². The van der Waals surface area contributed by atoms with E-state index in [-0.39, 0.29) is 5.91 Å². The van der Waals surface area contributed by atoms with Crippen LogP contribution in [0.25, 0.3) is 0 Å². The molecule has 7 nitrogen and oxygen atoms in total. The fourth-order valence-corrected chi connectivity index (χ4v) is 1.36. The van der Waals surface area contributed by atoms with E-state index in [1.807, 2.05) is 6.20 Å². The summed E-state index contributed by atoms with van der Waals surface area (Å²) in [6, 6.07) is 0. The molecule has 0 saturated carbocycles. The molecule has 1 aromatic rings. The van der Waals surface area contributed by atoms with Crippen molar-refractivity contribution in [3.05, 3.63) is 12.4 Å². The van der Waals surface area contributed by atoms with Crippen molar-refractivity contribution in [2.75, 3.05) is 33.4 Å². The number of hydrogen-bond donors (Lipinski definition) is 2. The molecule has 0 fully saturated rings. The normalized spacial score (nSPS) is 10.5. The topological polar surface area (TPSA) is 81.1 Å². The Balaban J connectivity index is 1.80. The number of hydrogen-bond acceptors (Lipinski definition) is 5. The first-order chi connectivity index (χ1) is 8.83. The van der Waals surface area contributed by atoms with Crippen LogP contribution in [0, 0.1) is 0 Å². The lowest BCUT2D eigenvalue weighted by Gasteiger charge is -2.05. The second-order valence-corrected chi connectivity index (χ2v) is 3.84. The Morgan fingerprint density at radius 3 is 3.00 bits per heavy atom. The minimum Gasteiger partial charge on any atom is -0.380 e. The number of nitrogens with zero attached hydrogens (tertiary/aromatic N) is 3. The Hall–Kier alpha value is -1.47. The van der Waals surface area contributed by atoms with Crippen LogP contribution >= 0.6 is 0 Å². The molecule has 0 aromatic carbocycles. The quantitative estimate of drug-likeness (QED) is 0.546. The van der Waals surface area contributed by atoms with Crippen LogP contribution in [0.2, 0.25) is 0 Å². The molecule has 0 saturated heterocycles. The molecule has 0 aliphatic carbocycles. The first-order valence-electron chi connectivity index (χ1n) is 6.16. The van der Waals surface area contributed by atoms with Gasteiger partial charge in [-0.1, -0.05) is 5.21 Å². The van der Waals surface area contributed by atoms with Crippen LogP contribution in [0.4, 0.5) is 0 Å². The van der Waals surface area contributed by atoms with E-state index in [0.717, 1.165) is 32.5 Å². The molecule has 0 aliphatic rings. The van der Waals surface area contributed by atoms with Gasteiger partial charge < -0.3 is 15.4 Å². The number of likely N-dealkylation sites (N-methyl/N-ethyl adjacent to an activating group) is 1. The third-order valence-corrected chi connectivity index (χ3v) is 2.39. The van der Waals surface area contributed by atoms with Crippen molar-refractivity contribution in [1.82, 2.24) is 25.6 Å². The van der Waals surface area contributed by atoms with Crippen molar-refractivity contribution < 1.29 is 9.53 Å². The highest BCUT2D eigenvalue weighted by molar-refractivity contribution is 5.77. The summed E-state index contributed by atoms with van der Waals surface area (Å²) in [5.41, 5.74) is 0. The minimum atomic E-state index is 0.0130. The summed E-state index contributed by atoms with van der Waals surface area (Å²) in [6.45, 7) is 3.32. The SMILES string of the molecule is CNC(=O)CNCCCCOCCn1ccnn1. The molecule has 1 heterocycles. The fraction of sp³-hybridized carbons (Fsp3) is 0.727. The molecule has 1 aromatic heterocycles. The molecule has 0 bridgehead atoms. The minimum absolute atomic E-state index is 0.0130. The number of ether oxygens (including phenoxy) is 1. The van der Waals surface area contributed by atoms with Crippen molar-refractivity contribution in [2.45, 2.75) is 19.4 Å². The van der Waals surface area contributed by atoms with Crippen molar-refractivity contribution in [1.29, 1.82) is 0 Å². The summed E-state index contributed by atoms with van der Waals surface area (Å²) >= 11 is 0. The smallest absolute Gasteiger partial charge is 0.233 e. The van der Waals surface area contributed by atoms with Gasteiger partial charge in [0.2, 0.25) is 5.91 Å². The van der Waals surface area contributed by atoms with Crippen molar-refractivity contribution in [2.24, 2.45) is 0 Å². The molecule has 0 unspecified atom stereocenters. The maximum Gasteiger partial charge on any atom is 0.233 e. The summed E-state index contributed by atoms with van der Waals surface area (Å²) in [5.74, 6) is 0.0130. The Labute approximate surface area is 107 Å².